The van der Waals surface area contributed by atoms with E-state index in [4.69, 9.17) is 4.74 Å². The van der Waals surface area contributed by atoms with Gasteiger partial charge in [-0.2, -0.15) is 0 Å². The summed E-state index contributed by atoms with van der Waals surface area (Å²) in [7, 11) is 1.68. The lowest BCUT2D eigenvalue weighted by molar-refractivity contribution is 0.219. The molecule has 2 rings (SSSR count). The van der Waals surface area contributed by atoms with E-state index < -0.39 is 0 Å². The number of urea groups is 1. The lowest BCUT2D eigenvalue weighted by Crippen LogP contribution is -2.27. The molecule has 0 bridgehead atoms. The van der Waals surface area contributed by atoms with Crippen molar-refractivity contribution in [2.75, 3.05) is 20.2 Å². The van der Waals surface area contributed by atoms with Crippen molar-refractivity contribution in [1.82, 2.24) is 10.2 Å². The van der Waals surface area contributed by atoms with Gasteiger partial charge in [0.2, 0.25) is 0 Å². The van der Waals surface area contributed by atoms with Crippen LogP contribution in [-0.4, -0.2) is 31.1 Å². The van der Waals surface area contributed by atoms with Crippen molar-refractivity contribution in [3.63, 3.8) is 0 Å². The fourth-order valence-electron chi connectivity index (χ4n) is 2.34. The molecule has 4 nitrogen and oxygen atoms in total. The highest BCUT2D eigenvalue weighted by atomic mass is 16.5. The van der Waals surface area contributed by atoms with Crippen LogP contribution in [0.3, 0.4) is 0 Å². The number of likely N-dealkylation sites (N-methyl/N-ethyl adjacent to an activating group) is 1. The van der Waals surface area contributed by atoms with Crippen molar-refractivity contribution in [1.29, 1.82) is 0 Å². The molecule has 4 heteroatoms. The predicted octanol–water partition coefficient (Wildman–Crippen LogP) is 2.34. The number of methoxy groups -OCH3 is 1. The Morgan fingerprint density at radius 3 is 2.78 bits per heavy atom. The number of hydrogen-bond donors (Lipinski definition) is 1. The summed E-state index contributed by atoms with van der Waals surface area (Å²) in [6.07, 6.45) is 0.926. The lowest BCUT2D eigenvalue weighted by Gasteiger charge is -2.14. The number of rotatable bonds is 4. The Hall–Kier alpha value is -1.71. The van der Waals surface area contributed by atoms with Gasteiger partial charge in [-0.25, -0.2) is 4.79 Å². The van der Waals surface area contributed by atoms with E-state index in [-0.39, 0.29) is 12.1 Å². The molecule has 0 aromatic heterocycles. The van der Waals surface area contributed by atoms with Gasteiger partial charge in [-0.1, -0.05) is 13.0 Å². The first kappa shape index (κ1) is 12.7. The minimum absolute atomic E-state index is 0.0244. The number of nitrogens with one attached hydrogen (secondary N) is 1. The molecule has 1 aromatic carbocycles. The van der Waals surface area contributed by atoms with Gasteiger partial charge in [-0.05, 0) is 36.6 Å². The topological polar surface area (TPSA) is 41.6 Å². The molecule has 2 amide bonds. The van der Waals surface area contributed by atoms with Crippen LogP contribution in [0.15, 0.2) is 18.2 Å². The Kier molecular flexibility index (Phi) is 3.75. The predicted molar refractivity (Wildman–Crippen MR) is 70.9 cm³/mol. The van der Waals surface area contributed by atoms with Crippen molar-refractivity contribution in [3.8, 4) is 5.75 Å². The standard InChI is InChI=1S/C14H20N2O2/c1-4-10-8-11(6-7-13(10)18-3)12-9-16(5-2)14(17)15-12/h6-8,12H,4-5,9H2,1-3H3,(H,15,17). The largest absolute Gasteiger partial charge is 0.496 e. The summed E-state index contributed by atoms with van der Waals surface area (Å²) in [6.45, 7) is 5.59. The monoisotopic (exact) mass is 248 g/mol. The molecular weight excluding hydrogens is 228 g/mol. The number of nitrogens with zero attached hydrogens (tertiary/aromatic N) is 1. The number of carbonyl (C=O) groups is 1. The van der Waals surface area contributed by atoms with E-state index >= 15 is 0 Å². The second kappa shape index (κ2) is 5.29. The van der Waals surface area contributed by atoms with Crippen LogP contribution in [0.2, 0.25) is 0 Å². The Morgan fingerprint density at radius 2 is 2.22 bits per heavy atom. The summed E-state index contributed by atoms with van der Waals surface area (Å²) in [5.74, 6) is 0.915. The normalized spacial score (nSPS) is 18.9. The molecule has 18 heavy (non-hydrogen) atoms. The highest BCUT2D eigenvalue weighted by Gasteiger charge is 2.28. The number of benzene rings is 1. The molecule has 1 atom stereocenters. The SMILES string of the molecule is CCc1cc(C2CN(CC)C(=O)N2)ccc1OC. The molecule has 0 spiro atoms. The third-order valence-electron chi connectivity index (χ3n) is 3.46. The summed E-state index contributed by atoms with van der Waals surface area (Å²) in [5, 5.41) is 3.01. The minimum Gasteiger partial charge on any atom is -0.496 e. The maximum Gasteiger partial charge on any atom is 0.318 e. The fourth-order valence-corrected chi connectivity index (χ4v) is 2.34. The maximum atomic E-state index is 11.7. The van der Waals surface area contributed by atoms with E-state index in [1.807, 2.05) is 24.0 Å². The number of amides is 2. The summed E-state index contributed by atoms with van der Waals surface area (Å²) in [5.41, 5.74) is 2.33. The van der Waals surface area contributed by atoms with Gasteiger partial charge in [0.15, 0.2) is 0 Å². The van der Waals surface area contributed by atoms with Crippen LogP contribution in [0, 0.1) is 0 Å². The first-order valence-electron chi connectivity index (χ1n) is 6.41. The molecule has 98 valence electrons. The molecule has 1 N–H and O–H groups in total. The van der Waals surface area contributed by atoms with Crippen molar-refractivity contribution < 1.29 is 9.53 Å². The molecule has 0 aliphatic carbocycles. The first-order chi connectivity index (χ1) is 8.69. The van der Waals surface area contributed by atoms with Gasteiger partial charge in [0.25, 0.3) is 0 Å². The second-order valence-corrected chi connectivity index (χ2v) is 4.47. The van der Waals surface area contributed by atoms with Crippen LogP contribution in [0.1, 0.15) is 31.0 Å². The van der Waals surface area contributed by atoms with Gasteiger partial charge < -0.3 is 15.0 Å². The minimum atomic E-state index is 0.0244. The molecule has 0 radical (unpaired) electrons. The fraction of sp³-hybridized carbons (Fsp3) is 0.500. The smallest absolute Gasteiger partial charge is 0.318 e. The summed E-state index contributed by atoms with van der Waals surface area (Å²) in [6, 6.07) is 6.25. The van der Waals surface area contributed by atoms with Crippen LogP contribution in [-0.2, 0) is 6.42 Å². The van der Waals surface area contributed by atoms with Gasteiger partial charge in [-0.15, -0.1) is 0 Å². The van der Waals surface area contributed by atoms with Crippen LogP contribution in [0.4, 0.5) is 4.79 Å². The quantitative estimate of drug-likeness (QED) is 0.888. The molecule has 1 aromatic rings. The van der Waals surface area contributed by atoms with E-state index in [2.05, 4.69) is 18.3 Å². The zero-order valence-electron chi connectivity index (χ0n) is 11.2. The van der Waals surface area contributed by atoms with Crippen molar-refractivity contribution in [2.24, 2.45) is 0 Å². The first-order valence-corrected chi connectivity index (χ1v) is 6.41. The zero-order chi connectivity index (χ0) is 13.1. The molecule has 1 heterocycles. The van der Waals surface area contributed by atoms with Gasteiger partial charge in [0.05, 0.1) is 13.2 Å². The highest BCUT2D eigenvalue weighted by molar-refractivity contribution is 5.77. The van der Waals surface area contributed by atoms with Crippen molar-refractivity contribution >= 4 is 6.03 Å². The Morgan fingerprint density at radius 1 is 1.44 bits per heavy atom. The average molecular weight is 248 g/mol. The summed E-state index contributed by atoms with van der Waals surface area (Å²) < 4.78 is 5.32. The number of hydrogen-bond acceptors (Lipinski definition) is 2. The lowest BCUT2D eigenvalue weighted by atomic mass is 10.0. The number of aryl methyl sites for hydroxylation is 1. The van der Waals surface area contributed by atoms with Gasteiger partial charge in [0.1, 0.15) is 5.75 Å². The molecule has 1 aliphatic rings. The molecular formula is C14H20N2O2. The van der Waals surface area contributed by atoms with Crippen molar-refractivity contribution in [3.05, 3.63) is 29.3 Å². The molecule has 1 fully saturated rings. The van der Waals surface area contributed by atoms with E-state index in [0.717, 1.165) is 30.8 Å². The van der Waals surface area contributed by atoms with Crippen LogP contribution >= 0.6 is 0 Å². The molecule has 0 saturated carbocycles. The molecule has 1 unspecified atom stereocenters. The van der Waals surface area contributed by atoms with E-state index in [1.54, 1.807) is 7.11 Å². The van der Waals surface area contributed by atoms with Gasteiger partial charge in [0, 0.05) is 13.1 Å². The van der Waals surface area contributed by atoms with E-state index in [9.17, 15) is 4.79 Å². The number of carbonyl (C=O) groups excluding carboxylic acids is 1. The maximum absolute atomic E-state index is 11.7. The Balaban J connectivity index is 2.22. The van der Waals surface area contributed by atoms with E-state index in [0.29, 0.717) is 0 Å². The second-order valence-electron chi connectivity index (χ2n) is 4.47. The third-order valence-corrected chi connectivity index (χ3v) is 3.46. The van der Waals surface area contributed by atoms with Gasteiger partial charge in [-0.3, -0.25) is 0 Å². The van der Waals surface area contributed by atoms with Crippen LogP contribution in [0.25, 0.3) is 0 Å². The third kappa shape index (κ3) is 2.28. The van der Waals surface area contributed by atoms with Crippen LogP contribution < -0.4 is 10.1 Å². The molecule has 1 aliphatic heterocycles. The zero-order valence-corrected chi connectivity index (χ0v) is 11.2. The summed E-state index contributed by atoms with van der Waals surface area (Å²) in [4.78, 5) is 13.5. The van der Waals surface area contributed by atoms with Crippen molar-refractivity contribution in [2.45, 2.75) is 26.3 Å². The van der Waals surface area contributed by atoms with Gasteiger partial charge >= 0.3 is 6.03 Å². The molecule has 1 saturated heterocycles. The Bertz CT molecular complexity index is 445. The Labute approximate surface area is 108 Å². The number of ether oxygens (including phenoxy) is 1. The van der Waals surface area contributed by atoms with Crippen LogP contribution in [0.5, 0.6) is 5.75 Å². The summed E-state index contributed by atoms with van der Waals surface area (Å²) >= 11 is 0. The van der Waals surface area contributed by atoms with E-state index in [1.165, 1.54) is 5.56 Å². The average Bonchev–Trinajstić information content (AvgIpc) is 2.79. The highest BCUT2D eigenvalue weighted by Crippen LogP contribution is 2.26.